The van der Waals surface area contributed by atoms with Crippen molar-refractivity contribution in [1.82, 2.24) is 0 Å². The van der Waals surface area contributed by atoms with Crippen LogP contribution in [0, 0.1) is 5.92 Å². The molecule has 0 fully saturated rings. The molecule has 38 heavy (non-hydrogen) atoms. The van der Waals surface area contributed by atoms with Crippen LogP contribution in [0.25, 0.3) is 0 Å². The third kappa shape index (κ3) is 8.93. The van der Waals surface area contributed by atoms with Crippen molar-refractivity contribution in [3.63, 3.8) is 0 Å². The molecule has 0 radical (unpaired) electrons. The lowest BCUT2D eigenvalue weighted by Gasteiger charge is -2.26. The molecule has 3 aromatic rings. The molecular formula is C29H32BrN3O5. The minimum absolute atomic E-state index is 0.118. The zero-order valence-electron chi connectivity index (χ0n) is 21.1. The smallest absolute Gasteiger partial charge is 0.412 e. The Labute approximate surface area is 231 Å². The number of nitrogen functional groups attached to an aromatic ring is 1. The maximum absolute atomic E-state index is 12.8. The van der Waals surface area contributed by atoms with Crippen molar-refractivity contribution >= 4 is 45.0 Å². The van der Waals surface area contributed by atoms with E-state index in [0.717, 1.165) is 4.47 Å². The fraction of sp³-hybridized carbons (Fsp3) is 0.241. The lowest BCUT2D eigenvalue weighted by Crippen LogP contribution is -2.22. The van der Waals surface area contributed by atoms with Crippen LogP contribution < -0.4 is 21.1 Å². The van der Waals surface area contributed by atoms with Gasteiger partial charge in [-0.05, 0) is 67.3 Å². The van der Waals surface area contributed by atoms with Gasteiger partial charge in [-0.15, -0.1) is 0 Å². The number of anilines is 3. The van der Waals surface area contributed by atoms with Crippen LogP contribution in [0.1, 0.15) is 31.4 Å². The average molecular weight is 582 g/mol. The molecule has 9 heteroatoms. The summed E-state index contributed by atoms with van der Waals surface area (Å²) >= 11 is 3.38. The average Bonchev–Trinajstić information content (AvgIpc) is 2.91. The number of nitrogens with two attached hydrogens (primary N) is 1. The number of carbonyl (C=O) groups excluding carboxylic acids is 2. The van der Waals surface area contributed by atoms with Crippen LogP contribution in [0.4, 0.5) is 21.9 Å². The first kappa shape index (κ1) is 28.7. The van der Waals surface area contributed by atoms with Gasteiger partial charge in [-0.3, -0.25) is 10.1 Å². The van der Waals surface area contributed by atoms with Crippen LogP contribution in [0.3, 0.4) is 0 Å². The quantitative estimate of drug-likeness (QED) is 0.147. The zero-order valence-corrected chi connectivity index (χ0v) is 22.7. The number of para-hydroxylation sites is 3. The number of aliphatic hydroxyl groups excluding tert-OH is 1. The molecule has 8 nitrogen and oxygen atoms in total. The van der Waals surface area contributed by atoms with Crippen molar-refractivity contribution in [2.75, 3.05) is 29.6 Å². The summed E-state index contributed by atoms with van der Waals surface area (Å²) in [7, 11) is 0. The first-order valence-corrected chi connectivity index (χ1v) is 13.0. The standard InChI is InChI=1S/C29H32BrN3O5/c1-20(8-2-7-13-27(35)33-25-11-5-4-10-24(25)31)28(23-9-3-6-12-26(23)37-19-18-34)38-29(36)32-22-16-14-21(30)15-17-22/h3-7,9-17,20,28,34H,2,8,18-19,31H2,1H3,(H,32,36)(H,33,35)/b13-7+/t20-,28+/m0/s1. The van der Waals surface area contributed by atoms with Crippen LogP contribution in [0.5, 0.6) is 5.75 Å². The van der Waals surface area contributed by atoms with Crippen LogP contribution >= 0.6 is 15.9 Å². The van der Waals surface area contributed by atoms with E-state index < -0.39 is 12.2 Å². The van der Waals surface area contributed by atoms with Gasteiger partial charge in [0.2, 0.25) is 5.91 Å². The second-order valence-electron chi connectivity index (χ2n) is 8.60. The molecule has 0 saturated heterocycles. The number of aliphatic hydroxyl groups is 1. The van der Waals surface area contributed by atoms with Crippen LogP contribution in [0.15, 0.2) is 89.4 Å². The Morgan fingerprint density at radius 1 is 1.03 bits per heavy atom. The summed E-state index contributed by atoms with van der Waals surface area (Å²) in [5.41, 5.74) is 8.22. The molecule has 0 saturated carbocycles. The Morgan fingerprint density at radius 2 is 1.74 bits per heavy atom. The summed E-state index contributed by atoms with van der Waals surface area (Å²) in [6, 6.07) is 21.5. The molecule has 3 aromatic carbocycles. The van der Waals surface area contributed by atoms with Crippen LogP contribution in [0.2, 0.25) is 0 Å². The number of amides is 2. The van der Waals surface area contributed by atoms with Gasteiger partial charge in [0, 0.05) is 15.7 Å². The fourth-order valence-corrected chi connectivity index (χ4v) is 4.04. The summed E-state index contributed by atoms with van der Waals surface area (Å²) < 4.78 is 12.5. The Balaban J connectivity index is 1.68. The number of hydrogen-bond donors (Lipinski definition) is 4. The maximum atomic E-state index is 12.8. The van der Waals surface area contributed by atoms with Crippen molar-refractivity contribution in [1.29, 1.82) is 0 Å². The molecule has 0 aliphatic heterocycles. The Morgan fingerprint density at radius 3 is 2.47 bits per heavy atom. The Hall–Kier alpha value is -3.82. The molecule has 0 aliphatic carbocycles. The summed E-state index contributed by atoms with van der Waals surface area (Å²) in [6.07, 6.45) is 3.21. The summed E-state index contributed by atoms with van der Waals surface area (Å²) in [6.45, 7) is 1.95. The minimum Gasteiger partial charge on any atom is -0.491 e. The fourth-order valence-electron chi connectivity index (χ4n) is 3.77. The van der Waals surface area contributed by atoms with Gasteiger partial charge in [0.25, 0.3) is 0 Å². The van der Waals surface area contributed by atoms with E-state index in [4.69, 9.17) is 15.2 Å². The molecule has 200 valence electrons. The minimum atomic E-state index is -0.633. The molecule has 2 amide bonds. The lowest BCUT2D eigenvalue weighted by molar-refractivity contribution is -0.111. The molecule has 0 unspecified atom stereocenters. The summed E-state index contributed by atoms with van der Waals surface area (Å²) in [5.74, 6) is 0.132. The van der Waals surface area contributed by atoms with E-state index in [9.17, 15) is 14.7 Å². The number of hydrogen-bond acceptors (Lipinski definition) is 6. The van der Waals surface area contributed by atoms with E-state index in [1.165, 1.54) is 6.08 Å². The van der Waals surface area contributed by atoms with E-state index in [1.54, 1.807) is 48.5 Å². The van der Waals surface area contributed by atoms with E-state index in [-0.39, 0.29) is 25.0 Å². The predicted molar refractivity (Wildman–Crippen MR) is 153 cm³/mol. The molecule has 2 atom stereocenters. The topological polar surface area (TPSA) is 123 Å². The highest BCUT2D eigenvalue weighted by Gasteiger charge is 2.26. The van der Waals surface area contributed by atoms with Crippen molar-refractivity contribution < 1.29 is 24.2 Å². The second kappa shape index (κ2) is 14.8. The number of rotatable bonds is 12. The van der Waals surface area contributed by atoms with Gasteiger partial charge in [0.15, 0.2) is 0 Å². The number of ether oxygens (including phenoxy) is 2. The molecule has 0 aliphatic rings. The third-order valence-corrected chi connectivity index (χ3v) is 6.22. The molecule has 0 heterocycles. The first-order chi connectivity index (χ1) is 18.4. The summed E-state index contributed by atoms with van der Waals surface area (Å²) in [5, 5.41) is 14.7. The van der Waals surface area contributed by atoms with Gasteiger partial charge in [0.05, 0.1) is 18.0 Å². The molecule has 0 spiro atoms. The highest BCUT2D eigenvalue weighted by molar-refractivity contribution is 9.10. The van der Waals surface area contributed by atoms with Crippen molar-refractivity contribution in [2.24, 2.45) is 5.92 Å². The van der Waals surface area contributed by atoms with E-state index in [2.05, 4.69) is 26.6 Å². The zero-order chi connectivity index (χ0) is 27.3. The van der Waals surface area contributed by atoms with E-state index in [1.807, 2.05) is 37.3 Å². The monoisotopic (exact) mass is 581 g/mol. The Bertz CT molecular complexity index is 1230. The molecule has 0 bridgehead atoms. The highest BCUT2D eigenvalue weighted by atomic mass is 79.9. The van der Waals surface area contributed by atoms with Crippen molar-refractivity contribution in [3.05, 3.63) is 95.0 Å². The molecular weight excluding hydrogens is 550 g/mol. The largest absolute Gasteiger partial charge is 0.491 e. The van der Waals surface area contributed by atoms with E-state index in [0.29, 0.717) is 41.2 Å². The predicted octanol–water partition coefficient (Wildman–Crippen LogP) is 6.30. The van der Waals surface area contributed by atoms with Gasteiger partial charge < -0.3 is 25.6 Å². The van der Waals surface area contributed by atoms with Crippen LogP contribution in [-0.2, 0) is 9.53 Å². The summed E-state index contributed by atoms with van der Waals surface area (Å²) in [4.78, 5) is 25.1. The van der Waals surface area contributed by atoms with Gasteiger partial charge in [0.1, 0.15) is 18.5 Å². The highest BCUT2D eigenvalue weighted by Crippen LogP contribution is 2.35. The molecule has 3 rings (SSSR count). The number of nitrogens with one attached hydrogen (secondary N) is 2. The first-order valence-electron chi connectivity index (χ1n) is 12.2. The van der Waals surface area contributed by atoms with Gasteiger partial charge in [-0.25, -0.2) is 4.79 Å². The normalized spacial score (nSPS) is 12.5. The maximum Gasteiger partial charge on any atom is 0.412 e. The lowest BCUT2D eigenvalue weighted by atomic mass is 9.92. The number of benzene rings is 3. The van der Waals surface area contributed by atoms with Gasteiger partial charge >= 0.3 is 6.09 Å². The van der Waals surface area contributed by atoms with Gasteiger partial charge in [-0.2, -0.15) is 0 Å². The second-order valence-corrected chi connectivity index (χ2v) is 9.52. The van der Waals surface area contributed by atoms with Crippen molar-refractivity contribution in [2.45, 2.75) is 25.9 Å². The Kier molecular flexibility index (Phi) is 11.2. The number of allylic oxidation sites excluding steroid dienone is 1. The molecule has 5 N–H and O–H groups in total. The number of halogens is 1. The van der Waals surface area contributed by atoms with Crippen molar-refractivity contribution in [3.8, 4) is 5.75 Å². The van der Waals surface area contributed by atoms with Crippen LogP contribution in [-0.4, -0.2) is 30.3 Å². The molecule has 0 aromatic heterocycles. The number of carbonyl (C=O) groups is 2. The third-order valence-electron chi connectivity index (χ3n) is 5.69. The SMILES string of the molecule is C[C@@H](CC/C=C/C(=O)Nc1ccccc1N)[C@@H](OC(=O)Nc1ccc(Br)cc1)c1ccccc1OCCO. The van der Waals surface area contributed by atoms with Gasteiger partial charge in [-0.1, -0.05) is 59.3 Å². The van der Waals surface area contributed by atoms with E-state index >= 15 is 0 Å².